The maximum Gasteiger partial charge on any atom is 0.273 e. The summed E-state index contributed by atoms with van der Waals surface area (Å²) in [6, 6.07) is 14.9. The van der Waals surface area contributed by atoms with E-state index in [1.807, 2.05) is 57.3 Å². The molecule has 2 aliphatic rings. The van der Waals surface area contributed by atoms with Gasteiger partial charge in [-0.1, -0.05) is 24.3 Å². The number of ether oxygens (including phenoxy) is 1. The quantitative estimate of drug-likeness (QED) is 0.273. The zero-order valence-corrected chi connectivity index (χ0v) is 27.1. The molecule has 1 N–H and O–H groups in total. The number of nitrogens with zero attached hydrogens (tertiary/aromatic N) is 3. The number of aromatic nitrogens is 4. The molecule has 4 aromatic heterocycles. The zero-order valence-electron chi connectivity index (χ0n) is 26.3. The largest absolute Gasteiger partial charge is 0.372 e. The van der Waals surface area contributed by atoms with Gasteiger partial charge >= 0.3 is 0 Å². The molecule has 2 unspecified atom stereocenters. The second-order valence-corrected chi connectivity index (χ2v) is 14.7. The number of H-pyrrole nitrogens is 1. The molecule has 0 amide bonds. The van der Waals surface area contributed by atoms with E-state index in [9.17, 15) is 18.0 Å². The van der Waals surface area contributed by atoms with E-state index in [1.54, 1.807) is 36.7 Å². The lowest BCUT2D eigenvalue weighted by atomic mass is 9.75. The van der Waals surface area contributed by atoms with Crippen molar-refractivity contribution >= 4 is 26.5 Å². The van der Waals surface area contributed by atoms with Crippen molar-refractivity contribution in [2.75, 3.05) is 0 Å². The number of aromatic amines is 1. The Labute approximate surface area is 266 Å². The van der Waals surface area contributed by atoms with Crippen molar-refractivity contribution in [2.45, 2.75) is 51.6 Å². The van der Waals surface area contributed by atoms with Gasteiger partial charge in [-0.2, -0.15) is 0 Å². The maximum absolute atomic E-state index is 14.9. The number of benzene rings is 1. The number of aryl methyl sites for hydroxylation is 3. The predicted octanol–water partition coefficient (Wildman–Crippen LogP) is 5.50. The molecular weight excluding hydrogens is 600 g/mol. The van der Waals surface area contributed by atoms with E-state index in [2.05, 4.69) is 22.1 Å². The van der Waals surface area contributed by atoms with Crippen molar-refractivity contribution in [1.82, 2.24) is 18.5 Å². The van der Waals surface area contributed by atoms with Crippen molar-refractivity contribution in [1.29, 1.82) is 0 Å². The van der Waals surface area contributed by atoms with E-state index >= 15 is 0 Å². The summed E-state index contributed by atoms with van der Waals surface area (Å²) in [4.78, 5) is 33.2. The number of hydrogen-bond acceptors (Lipinski definition) is 6. The van der Waals surface area contributed by atoms with Gasteiger partial charge in [-0.05, 0) is 97.0 Å². The SMILES string of the molecule is CC1=CC(c2cc(=O)n(C)cc2-c2ccc3c(c2)COC3)=CC(c2cc(C)nc(C)c2)C1(C)S(=O)(=O)n1ccc2cc[nH]c(=O)c21. The molecule has 1 aliphatic heterocycles. The monoisotopic (exact) mass is 634 g/mol. The van der Waals surface area contributed by atoms with Crippen LogP contribution in [0.4, 0.5) is 0 Å². The van der Waals surface area contributed by atoms with Crippen molar-refractivity contribution in [3.63, 3.8) is 0 Å². The third kappa shape index (κ3) is 4.54. The molecule has 0 spiro atoms. The van der Waals surface area contributed by atoms with Gasteiger partial charge in [-0.15, -0.1) is 0 Å². The van der Waals surface area contributed by atoms with E-state index in [0.29, 0.717) is 29.7 Å². The van der Waals surface area contributed by atoms with Crippen LogP contribution in [-0.2, 0) is 35.0 Å². The molecule has 2 atom stereocenters. The van der Waals surface area contributed by atoms with Gasteiger partial charge in [-0.25, -0.2) is 12.4 Å². The lowest BCUT2D eigenvalue weighted by Crippen LogP contribution is -2.46. The summed E-state index contributed by atoms with van der Waals surface area (Å²) in [7, 11) is -2.52. The van der Waals surface area contributed by atoms with Gasteiger partial charge in [0, 0.05) is 60.0 Å². The Morgan fingerprint density at radius 1 is 0.957 bits per heavy atom. The van der Waals surface area contributed by atoms with Gasteiger partial charge < -0.3 is 14.3 Å². The normalized spacial score (nSPS) is 19.6. The molecule has 1 aromatic carbocycles. The summed E-state index contributed by atoms with van der Waals surface area (Å²) >= 11 is 0. The van der Waals surface area contributed by atoms with Crippen LogP contribution in [0.25, 0.3) is 27.6 Å². The Kier molecular flexibility index (Phi) is 6.91. The van der Waals surface area contributed by atoms with E-state index in [4.69, 9.17) is 4.74 Å². The number of fused-ring (bicyclic) bond motifs is 2. The van der Waals surface area contributed by atoms with Crippen LogP contribution < -0.4 is 11.1 Å². The van der Waals surface area contributed by atoms with Crippen LogP contribution in [0, 0.1) is 13.8 Å². The predicted molar refractivity (Wildman–Crippen MR) is 179 cm³/mol. The summed E-state index contributed by atoms with van der Waals surface area (Å²) in [6.45, 7) is 8.39. The fraction of sp³-hybridized carbons (Fsp3) is 0.250. The summed E-state index contributed by atoms with van der Waals surface area (Å²) < 4.78 is 36.6. The fourth-order valence-electron chi connectivity index (χ4n) is 6.91. The Morgan fingerprint density at radius 3 is 2.46 bits per heavy atom. The molecule has 5 heterocycles. The van der Waals surface area contributed by atoms with Crippen LogP contribution in [-0.4, -0.2) is 31.7 Å². The van der Waals surface area contributed by atoms with Crippen molar-refractivity contribution in [3.05, 3.63) is 139 Å². The standard InChI is InChI=1S/C36H34N4O5S/c1-21-12-27(30-17-33(41)39(5)18-31(30)25-6-7-26-19-45-20-29(26)15-25)16-32(28-13-22(2)38-23(3)14-28)36(21,4)46(43,44)40-11-9-24-8-10-37-35(42)34(24)40/h6-18,32H,19-20H2,1-5H3,(H,37,42). The minimum Gasteiger partial charge on any atom is -0.372 e. The average Bonchev–Trinajstić information content (AvgIpc) is 3.67. The Morgan fingerprint density at radius 2 is 1.70 bits per heavy atom. The molecule has 0 saturated heterocycles. The number of pyridine rings is 3. The van der Waals surface area contributed by atoms with Crippen LogP contribution in [0.3, 0.4) is 0 Å². The highest BCUT2D eigenvalue weighted by Gasteiger charge is 2.50. The van der Waals surface area contributed by atoms with Gasteiger partial charge in [0.15, 0.2) is 0 Å². The molecule has 234 valence electrons. The van der Waals surface area contributed by atoms with Crippen molar-refractivity contribution in [3.8, 4) is 11.1 Å². The van der Waals surface area contributed by atoms with E-state index in [0.717, 1.165) is 48.8 Å². The van der Waals surface area contributed by atoms with Crippen LogP contribution >= 0.6 is 0 Å². The average molecular weight is 635 g/mol. The molecule has 5 aromatic rings. The Bertz CT molecular complexity index is 2360. The third-order valence-corrected chi connectivity index (χ3v) is 12.0. The minimum atomic E-state index is -4.25. The Balaban J connectivity index is 1.48. The number of rotatable bonds is 5. The molecule has 0 bridgehead atoms. The number of nitrogens with one attached hydrogen (secondary N) is 1. The summed E-state index contributed by atoms with van der Waals surface area (Å²) in [5.41, 5.74) is 7.75. The highest BCUT2D eigenvalue weighted by Crippen LogP contribution is 2.49. The molecule has 0 saturated carbocycles. The summed E-state index contributed by atoms with van der Waals surface area (Å²) in [5.74, 6) is -0.691. The smallest absolute Gasteiger partial charge is 0.273 e. The first-order chi connectivity index (χ1) is 21.9. The summed E-state index contributed by atoms with van der Waals surface area (Å²) in [6.07, 6.45) is 8.59. The van der Waals surface area contributed by atoms with Crippen LogP contribution in [0.1, 0.15) is 53.4 Å². The molecule has 46 heavy (non-hydrogen) atoms. The van der Waals surface area contributed by atoms with Crippen LogP contribution in [0.5, 0.6) is 0 Å². The van der Waals surface area contributed by atoms with Crippen LogP contribution in [0.2, 0.25) is 0 Å². The molecule has 7 rings (SSSR count). The van der Waals surface area contributed by atoms with Crippen molar-refractivity contribution in [2.24, 2.45) is 7.05 Å². The highest BCUT2D eigenvalue weighted by atomic mass is 32.2. The first-order valence-corrected chi connectivity index (χ1v) is 16.5. The second-order valence-electron chi connectivity index (χ2n) is 12.5. The first-order valence-electron chi connectivity index (χ1n) is 15.1. The van der Waals surface area contributed by atoms with Gasteiger partial charge in [0.25, 0.3) is 11.1 Å². The van der Waals surface area contributed by atoms with E-state index in [-0.39, 0.29) is 11.1 Å². The van der Waals surface area contributed by atoms with Crippen molar-refractivity contribution < 1.29 is 13.2 Å². The zero-order chi connectivity index (χ0) is 32.5. The molecular formula is C36H34N4O5S. The Hall–Kier alpha value is -4.80. The number of allylic oxidation sites excluding steroid dienone is 3. The highest BCUT2D eigenvalue weighted by molar-refractivity contribution is 7.91. The van der Waals surface area contributed by atoms with Gasteiger partial charge in [-0.3, -0.25) is 14.6 Å². The number of hydrogen-bond donors (Lipinski definition) is 1. The fourth-order valence-corrected chi connectivity index (χ4v) is 8.96. The second kappa shape index (κ2) is 10.6. The molecule has 10 heteroatoms. The first kappa shape index (κ1) is 29.9. The lowest BCUT2D eigenvalue weighted by Gasteiger charge is -2.40. The van der Waals surface area contributed by atoms with E-state index < -0.39 is 26.2 Å². The van der Waals surface area contributed by atoms with E-state index in [1.165, 1.54) is 12.4 Å². The van der Waals surface area contributed by atoms with Gasteiger partial charge in [0.2, 0.25) is 10.0 Å². The molecule has 0 radical (unpaired) electrons. The lowest BCUT2D eigenvalue weighted by molar-refractivity contribution is 0.134. The van der Waals surface area contributed by atoms with Crippen LogP contribution in [0.15, 0.2) is 94.4 Å². The molecule has 1 aliphatic carbocycles. The third-order valence-electron chi connectivity index (χ3n) is 9.50. The summed E-state index contributed by atoms with van der Waals surface area (Å²) in [5, 5.41) is 0.529. The molecule has 9 nitrogen and oxygen atoms in total. The topological polar surface area (TPSA) is 116 Å². The minimum absolute atomic E-state index is 0.0709. The molecule has 0 fully saturated rings. The maximum atomic E-state index is 14.9. The van der Waals surface area contributed by atoms with Gasteiger partial charge in [0.05, 0.1) is 13.2 Å². The van der Waals surface area contributed by atoms with Gasteiger partial charge in [0.1, 0.15) is 10.3 Å².